The van der Waals surface area contributed by atoms with Crippen LogP contribution < -0.4 is 0 Å². The van der Waals surface area contributed by atoms with Crippen molar-refractivity contribution in [3.63, 3.8) is 0 Å². The van der Waals surface area contributed by atoms with E-state index < -0.39 is 0 Å². The Bertz CT molecular complexity index is 1020. The molecule has 4 aromatic rings. The lowest BCUT2D eigenvalue weighted by molar-refractivity contribution is 0.400. The van der Waals surface area contributed by atoms with Gasteiger partial charge in [0.2, 0.25) is 0 Å². The molecule has 0 aliphatic carbocycles. The molecular weight excluding hydrogens is 377 g/mol. The Morgan fingerprint density at radius 3 is 2.40 bits per heavy atom. The van der Waals surface area contributed by atoms with E-state index in [0.717, 1.165) is 38.8 Å². The lowest BCUT2D eigenvalue weighted by Crippen LogP contribution is -1.85. The molecule has 3 aromatic heterocycles. The Kier molecular flexibility index (Phi) is 4.29. The molecule has 0 saturated carbocycles. The fourth-order valence-electron chi connectivity index (χ4n) is 2.58. The maximum atomic E-state index is 5.99. The van der Waals surface area contributed by atoms with Gasteiger partial charge < -0.3 is 4.52 Å². The number of rotatable bonds is 3. The first-order chi connectivity index (χ1) is 12.1. The summed E-state index contributed by atoms with van der Waals surface area (Å²) in [7, 11) is 0. The number of hydrogen-bond donors (Lipinski definition) is 0. The van der Waals surface area contributed by atoms with Crippen molar-refractivity contribution in [2.75, 3.05) is 0 Å². The van der Waals surface area contributed by atoms with Gasteiger partial charge in [-0.25, -0.2) is 9.97 Å². The van der Waals surface area contributed by atoms with Gasteiger partial charge in [0.05, 0.1) is 11.3 Å². The van der Waals surface area contributed by atoms with Crippen molar-refractivity contribution in [2.24, 2.45) is 0 Å². The number of hydrogen-bond acceptors (Lipinski definition) is 5. The van der Waals surface area contributed by atoms with Crippen LogP contribution in [0.25, 0.3) is 33.1 Å². The lowest BCUT2D eigenvalue weighted by Gasteiger charge is -2.00. The molecule has 4 nitrogen and oxygen atoms in total. The van der Waals surface area contributed by atoms with Gasteiger partial charge in [-0.2, -0.15) is 0 Å². The minimum absolute atomic E-state index is 0.338. The smallest absolute Gasteiger partial charge is 0.143 e. The molecule has 0 saturated heterocycles. The molecule has 0 N–H and O–H groups in total. The predicted molar refractivity (Wildman–Crippen MR) is 101 cm³/mol. The van der Waals surface area contributed by atoms with Crippen molar-refractivity contribution in [2.45, 2.75) is 6.92 Å². The summed E-state index contributed by atoms with van der Waals surface area (Å²) in [5.74, 6) is 0.724. The second-order valence-corrected chi connectivity index (χ2v) is 7.00. The number of pyridine rings is 1. The zero-order valence-corrected chi connectivity index (χ0v) is 15.4. The Balaban J connectivity index is 1.80. The van der Waals surface area contributed by atoms with E-state index in [1.54, 1.807) is 12.1 Å². The number of thiazole rings is 1. The first-order valence-corrected chi connectivity index (χ1v) is 9.06. The molecule has 0 aliphatic rings. The Hall–Kier alpha value is -2.21. The van der Waals surface area contributed by atoms with Crippen LogP contribution in [0.4, 0.5) is 0 Å². The SMILES string of the molecule is Cc1onc(-c2ccccc2)c1-c1csc(-c2cc(Cl)nc(Cl)c2)n1. The molecule has 0 bridgehead atoms. The van der Waals surface area contributed by atoms with E-state index in [-0.39, 0.29) is 0 Å². The van der Waals surface area contributed by atoms with Crippen molar-refractivity contribution < 1.29 is 4.52 Å². The summed E-state index contributed by atoms with van der Waals surface area (Å²) < 4.78 is 5.42. The lowest BCUT2D eigenvalue weighted by atomic mass is 10.0. The average Bonchev–Trinajstić information content (AvgIpc) is 3.21. The molecule has 4 rings (SSSR count). The van der Waals surface area contributed by atoms with Crippen LogP contribution >= 0.6 is 34.5 Å². The average molecular weight is 388 g/mol. The minimum atomic E-state index is 0.338. The zero-order chi connectivity index (χ0) is 17.4. The van der Waals surface area contributed by atoms with E-state index in [0.29, 0.717) is 10.3 Å². The highest BCUT2D eigenvalue weighted by molar-refractivity contribution is 7.13. The summed E-state index contributed by atoms with van der Waals surface area (Å²) in [4.78, 5) is 8.69. The van der Waals surface area contributed by atoms with E-state index in [9.17, 15) is 0 Å². The second-order valence-electron chi connectivity index (χ2n) is 5.37. The van der Waals surface area contributed by atoms with Gasteiger partial charge in [-0.3, -0.25) is 0 Å². The second kappa shape index (κ2) is 6.59. The highest BCUT2D eigenvalue weighted by atomic mass is 35.5. The summed E-state index contributed by atoms with van der Waals surface area (Å²) >= 11 is 13.5. The predicted octanol–water partition coefficient (Wildman–Crippen LogP) is 6.14. The van der Waals surface area contributed by atoms with Crippen molar-refractivity contribution in [3.05, 3.63) is 63.9 Å². The molecule has 1 aromatic carbocycles. The van der Waals surface area contributed by atoms with Crippen LogP contribution in [0.15, 0.2) is 52.4 Å². The summed E-state index contributed by atoms with van der Waals surface area (Å²) in [6.07, 6.45) is 0. The fourth-order valence-corrected chi connectivity index (χ4v) is 3.84. The van der Waals surface area contributed by atoms with Crippen molar-refractivity contribution in [1.29, 1.82) is 0 Å². The molecule has 0 atom stereocenters. The van der Waals surface area contributed by atoms with Gasteiger partial charge in [-0.05, 0) is 19.1 Å². The highest BCUT2D eigenvalue weighted by Crippen LogP contribution is 2.37. The fraction of sp³-hybridized carbons (Fsp3) is 0.0556. The Morgan fingerprint density at radius 1 is 0.960 bits per heavy atom. The van der Waals surface area contributed by atoms with Crippen LogP contribution in [0.1, 0.15) is 5.76 Å². The maximum Gasteiger partial charge on any atom is 0.143 e. The van der Waals surface area contributed by atoms with Gasteiger partial charge >= 0.3 is 0 Å². The standard InChI is InChI=1S/C18H11Cl2N3OS/c1-10-16(17(23-24-10)11-5-3-2-4-6-11)13-9-25-18(21-13)12-7-14(19)22-15(20)8-12/h2-9H,1H3. The topological polar surface area (TPSA) is 51.8 Å². The Morgan fingerprint density at radius 2 is 1.68 bits per heavy atom. The van der Waals surface area contributed by atoms with Crippen molar-refractivity contribution >= 4 is 34.5 Å². The maximum absolute atomic E-state index is 5.99. The molecule has 0 unspecified atom stereocenters. The van der Waals surface area contributed by atoms with Crippen LogP contribution in [-0.4, -0.2) is 15.1 Å². The summed E-state index contributed by atoms with van der Waals surface area (Å²) in [5, 5.41) is 7.67. The third-order valence-corrected chi connectivity index (χ3v) is 4.96. The number of aryl methyl sites for hydroxylation is 1. The monoisotopic (exact) mass is 387 g/mol. The number of halogens is 2. The highest BCUT2D eigenvalue weighted by Gasteiger charge is 2.19. The van der Waals surface area contributed by atoms with Crippen LogP contribution in [0.5, 0.6) is 0 Å². The van der Waals surface area contributed by atoms with Crippen LogP contribution in [0.3, 0.4) is 0 Å². The van der Waals surface area contributed by atoms with Crippen LogP contribution in [0, 0.1) is 6.92 Å². The molecular formula is C18H11Cl2N3OS. The van der Waals surface area contributed by atoms with Gasteiger partial charge in [0.15, 0.2) is 0 Å². The summed E-state index contributed by atoms with van der Waals surface area (Å²) in [6, 6.07) is 13.4. The first-order valence-electron chi connectivity index (χ1n) is 7.43. The van der Waals surface area contributed by atoms with E-state index in [1.165, 1.54) is 11.3 Å². The quantitative estimate of drug-likeness (QED) is 0.396. The minimum Gasteiger partial charge on any atom is -0.360 e. The van der Waals surface area contributed by atoms with E-state index in [2.05, 4.69) is 10.1 Å². The molecule has 7 heteroatoms. The molecule has 0 amide bonds. The third kappa shape index (κ3) is 3.18. The van der Waals surface area contributed by atoms with Gasteiger partial charge in [-0.15, -0.1) is 11.3 Å². The first kappa shape index (κ1) is 16.3. The van der Waals surface area contributed by atoms with Crippen molar-refractivity contribution in [1.82, 2.24) is 15.1 Å². The van der Waals surface area contributed by atoms with E-state index >= 15 is 0 Å². The van der Waals surface area contributed by atoms with Crippen LogP contribution in [0.2, 0.25) is 10.3 Å². The molecule has 0 aliphatic heterocycles. The molecule has 3 heterocycles. The number of nitrogens with zero attached hydrogens (tertiary/aromatic N) is 3. The van der Waals surface area contributed by atoms with Gasteiger partial charge in [0.1, 0.15) is 26.8 Å². The normalized spacial score (nSPS) is 11.0. The summed E-state index contributed by atoms with van der Waals surface area (Å²) in [5.41, 5.74) is 4.29. The number of benzene rings is 1. The van der Waals surface area contributed by atoms with E-state index in [4.69, 9.17) is 32.7 Å². The molecule has 25 heavy (non-hydrogen) atoms. The zero-order valence-electron chi connectivity index (χ0n) is 13.0. The molecule has 0 spiro atoms. The van der Waals surface area contributed by atoms with Gasteiger partial charge in [0, 0.05) is 16.5 Å². The van der Waals surface area contributed by atoms with Gasteiger partial charge in [0.25, 0.3) is 0 Å². The molecule has 0 fully saturated rings. The molecule has 124 valence electrons. The van der Waals surface area contributed by atoms with Crippen LogP contribution in [-0.2, 0) is 0 Å². The molecule has 0 radical (unpaired) electrons. The largest absolute Gasteiger partial charge is 0.360 e. The Labute approximate surface area is 158 Å². The van der Waals surface area contributed by atoms with E-state index in [1.807, 2.05) is 42.6 Å². The third-order valence-electron chi connectivity index (χ3n) is 3.68. The summed E-state index contributed by atoms with van der Waals surface area (Å²) in [6.45, 7) is 1.88. The van der Waals surface area contributed by atoms with Crippen molar-refractivity contribution in [3.8, 4) is 33.1 Å². The number of aromatic nitrogens is 3. The van der Waals surface area contributed by atoms with Gasteiger partial charge in [-0.1, -0.05) is 58.7 Å².